The first-order valence-corrected chi connectivity index (χ1v) is 5.61. The number of methoxy groups -OCH3 is 1. The van der Waals surface area contributed by atoms with Crippen LogP contribution in [0, 0.1) is 0 Å². The number of hydrogen-bond acceptors (Lipinski definition) is 4. The van der Waals surface area contributed by atoms with Crippen LogP contribution in [0.4, 0.5) is 0 Å². The summed E-state index contributed by atoms with van der Waals surface area (Å²) < 4.78 is 10.8. The maximum atomic E-state index is 5.61. The lowest BCUT2D eigenvalue weighted by atomic mass is 10.1. The Morgan fingerprint density at radius 1 is 1.29 bits per heavy atom. The molecule has 1 aromatic heterocycles. The fourth-order valence-corrected chi connectivity index (χ4v) is 1.61. The molecule has 0 aliphatic rings. The van der Waals surface area contributed by atoms with E-state index in [1.807, 2.05) is 24.3 Å². The van der Waals surface area contributed by atoms with Crippen LogP contribution in [0.5, 0.6) is 11.6 Å². The Bertz CT molecular complexity index is 500. The third kappa shape index (κ3) is 2.65. The molecule has 0 unspecified atom stereocenters. The highest BCUT2D eigenvalue weighted by Gasteiger charge is 2.04. The summed E-state index contributed by atoms with van der Waals surface area (Å²) in [6, 6.07) is 7.79. The number of rotatable bonds is 5. The molecule has 17 heavy (non-hydrogen) atoms. The van der Waals surface area contributed by atoms with Crippen LogP contribution in [-0.4, -0.2) is 25.2 Å². The molecular formula is C13H16N2O2. The summed E-state index contributed by atoms with van der Waals surface area (Å²) in [6.45, 7) is 1.20. The van der Waals surface area contributed by atoms with E-state index < -0.39 is 0 Å². The maximum absolute atomic E-state index is 5.61. The van der Waals surface area contributed by atoms with Gasteiger partial charge >= 0.3 is 0 Å². The largest absolute Gasteiger partial charge is 0.497 e. The van der Waals surface area contributed by atoms with Gasteiger partial charge < -0.3 is 15.2 Å². The molecule has 0 aliphatic carbocycles. The van der Waals surface area contributed by atoms with Crippen molar-refractivity contribution in [3.63, 3.8) is 0 Å². The van der Waals surface area contributed by atoms with Crippen LogP contribution in [0.25, 0.3) is 10.8 Å². The molecule has 0 aliphatic heterocycles. The first-order valence-electron chi connectivity index (χ1n) is 5.61. The predicted molar refractivity (Wildman–Crippen MR) is 67.5 cm³/mol. The van der Waals surface area contributed by atoms with Gasteiger partial charge in [-0.15, -0.1) is 0 Å². The van der Waals surface area contributed by atoms with E-state index in [-0.39, 0.29) is 0 Å². The van der Waals surface area contributed by atoms with E-state index in [1.54, 1.807) is 13.3 Å². The third-order valence-corrected chi connectivity index (χ3v) is 2.52. The summed E-state index contributed by atoms with van der Waals surface area (Å²) in [6.07, 6.45) is 2.56. The zero-order chi connectivity index (χ0) is 12.1. The van der Waals surface area contributed by atoms with E-state index in [4.69, 9.17) is 15.2 Å². The van der Waals surface area contributed by atoms with Crippen LogP contribution in [0.2, 0.25) is 0 Å². The number of aromatic nitrogens is 1. The van der Waals surface area contributed by atoms with E-state index in [9.17, 15) is 0 Å². The molecule has 0 spiro atoms. The van der Waals surface area contributed by atoms with Gasteiger partial charge in [-0.05, 0) is 36.6 Å². The monoisotopic (exact) mass is 232 g/mol. The number of hydrogen-bond donors (Lipinski definition) is 1. The Hall–Kier alpha value is -1.81. The fourth-order valence-electron chi connectivity index (χ4n) is 1.61. The molecule has 2 aromatic rings. The Labute approximate surface area is 100 Å². The van der Waals surface area contributed by atoms with Crippen molar-refractivity contribution in [1.82, 2.24) is 4.98 Å². The summed E-state index contributed by atoms with van der Waals surface area (Å²) in [5.74, 6) is 1.43. The molecule has 90 valence electrons. The SMILES string of the molecule is COc1ccc2ccnc(OCCCN)c2c1. The molecule has 0 saturated heterocycles. The number of fused-ring (bicyclic) bond motifs is 1. The Morgan fingerprint density at radius 2 is 2.18 bits per heavy atom. The number of benzene rings is 1. The van der Waals surface area contributed by atoms with Gasteiger partial charge in [0.15, 0.2) is 0 Å². The van der Waals surface area contributed by atoms with E-state index >= 15 is 0 Å². The molecule has 4 heteroatoms. The van der Waals surface area contributed by atoms with Crippen molar-refractivity contribution in [3.8, 4) is 11.6 Å². The average molecular weight is 232 g/mol. The number of ether oxygens (including phenoxy) is 2. The molecule has 0 radical (unpaired) electrons. The van der Waals surface area contributed by atoms with Gasteiger partial charge in [-0.25, -0.2) is 4.98 Å². The Morgan fingerprint density at radius 3 is 2.94 bits per heavy atom. The fraction of sp³-hybridized carbons (Fsp3) is 0.308. The van der Waals surface area contributed by atoms with E-state index in [1.165, 1.54) is 0 Å². The second kappa shape index (κ2) is 5.50. The Kier molecular flexibility index (Phi) is 3.77. The van der Waals surface area contributed by atoms with Crippen molar-refractivity contribution >= 4 is 10.8 Å². The molecule has 2 N–H and O–H groups in total. The van der Waals surface area contributed by atoms with Gasteiger partial charge in [0.05, 0.1) is 13.7 Å². The van der Waals surface area contributed by atoms with Crippen LogP contribution in [0.3, 0.4) is 0 Å². The topological polar surface area (TPSA) is 57.4 Å². The van der Waals surface area contributed by atoms with Gasteiger partial charge in [0.1, 0.15) is 5.75 Å². The quantitative estimate of drug-likeness (QED) is 0.801. The summed E-state index contributed by atoms with van der Waals surface area (Å²) in [7, 11) is 1.65. The highest BCUT2D eigenvalue weighted by atomic mass is 16.5. The predicted octanol–water partition coefficient (Wildman–Crippen LogP) is 1.97. The zero-order valence-corrected chi connectivity index (χ0v) is 9.85. The highest BCUT2D eigenvalue weighted by molar-refractivity contribution is 5.87. The molecule has 0 saturated carbocycles. The van der Waals surface area contributed by atoms with Gasteiger partial charge in [-0.2, -0.15) is 0 Å². The summed E-state index contributed by atoms with van der Waals surface area (Å²) in [5, 5.41) is 2.05. The number of pyridine rings is 1. The lowest BCUT2D eigenvalue weighted by Gasteiger charge is -2.08. The van der Waals surface area contributed by atoms with Gasteiger partial charge in [-0.3, -0.25) is 0 Å². The van der Waals surface area contributed by atoms with Crippen LogP contribution in [0.1, 0.15) is 6.42 Å². The summed E-state index contributed by atoms with van der Waals surface area (Å²) in [5.41, 5.74) is 5.43. The second-order valence-corrected chi connectivity index (χ2v) is 3.69. The Balaban J connectivity index is 2.33. The number of nitrogens with zero attached hydrogens (tertiary/aromatic N) is 1. The van der Waals surface area contributed by atoms with Crippen molar-refractivity contribution in [2.75, 3.05) is 20.3 Å². The highest BCUT2D eigenvalue weighted by Crippen LogP contribution is 2.27. The molecule has 1 aromatic carbocycles. The van der Waals surface area contributed by atoms with Crippen molar-refractivity contribution in [2.45, 2.75) is 6.42 Å². The first-order chi connectivity index (χ1) is 8.35. The normalized spacial score (nSPS) is 10.5. The first kappa shape index (κ1) is 11.7. The van der Waals surface area contributed by atoms with Crippen molar-refractivity contribution in [2.24, 2.45) is 5.73 Å². The molecule has 0 atom stereocenters. The van der Waals surface area contributed by atoms with Crippen LogP contribution < -0.4 is 15.2 Å². The maximum Gasteiger partial charge on any atom is 0.221 e. The van der Waals surface area contributed by atoms with Crippen LogP contribution >= 0.6 is 0 Å². The van der Waals surface area contributed by atoms with E-state index in [0.29, 0.717) is 19.0 Å². The van der Waals surface area contributed by atoms with Crippen LogP contribution in [-0.2, 0) is 0 Å². The molecular weight excluding hydrogens is 216 g/mol. The smallest absolute Gasteiger partial charge is 0.221 e. The molecule has 0 fully saturated rings. The molecule has 0 bridgehead atoms. The van der Waals surface area contributed by atoms with Crippen molar-refractivity contribution < 1.29 is 9.47 Å². The molecule has 1 heterocycles. The summed E-state index contributed by atoms with van der Waals surface area (Å²) >= 11 is 0. The van der Waals surface area contributed by atoms with Crippen molar-refractivity contribution in [1.29, 1.82) is 0 Å². The lowest BCUT2D eigenvalue weighted by Crippen LogP contribution is -2.07. The third-order valence-electron chi connectivity index (χ3n) is 2.52. The van der Waals surface area contributed by atoms with Gasteiger partial charge in [0, 0.05) is 11.6 Å². The average Bonchev–Trinajstić information content (AvgIpc) is 2.39. The van der Waals surface area contributed by atoms with Crippen LogP contribution in [0.15, 0.2) is 30.5 Å². The minimum atomic E-state index is 0.583. The van der Waals surface area contributed by atoms with Gasteiger partial charge in [0.2, 0.25) is 5.88 Å². The van der Waals surface area contributed by atoms with E-state index in [0.717, 1.165) is 22.9 Å². The lowest BCUT2D eigenvalue weighted by molar-refractivity contribution is 0.305. The number of nitrogens with two attached hydrogens (primary N) is 1. The van der Waals surface area contributed by atoms with Crippen molar-refractivity contribution in [3.05, 3.63) is 30.5 Å². The molecule has 2 rings (SSSR count). The minimum Gasteiger partial charge on any atom is -0.497 e. The minimum absolute atomic E-state index is 0.583. The standard InChI is InChI=1S/C13H16N2O2/c1-16-11-4-3-10-5-7-15-13(12(10)9-11)17-8-2-6-14/h3-5,7,9H,2,6,8,14H2,1H3. The van der Waals surface area contributed by atoms with Gasteiger partial charge in [-0.1, -0.05) is 6.07 Å². The molecule has 4 nitrogen and oxygen atoms in total. The van der Waals surface area contributed by atoms with Gasteiger partial charge in [0.25, 0.3) is 0 Å². The van der Waals surface area contributed by atoms with E-state index in [2.05, 4.69) is 4.98 Å². The second-order valence-electron chi connectivity index (χ2n) is 3.69. The zero-order valence-electron chi connectivity index (χ0n) is 9.85. The summed E-state index contributed by atoms with van der Waals surface area (Å²) in [4.78, 5) is 4.24. The molecule has 0 amide bonds.